The van der Waals surface area contributed by atoms with Crippen molar-refractivity contribution in [3.05, 3.63) is 59.2 Å². The summed E-state index contributed by atoms with van der Waals surface area (Å²) in [5.74, 6) is -0.190. The first kappa shape index (κ1) is 14.6. The van der Waals surface area contributed by atoms with Crippen molar-refractivity contribution < 1.29 is 4.79 Å². The number of benzene rings is 2. The molecule has 0 unspecified atom stereocenters. The SMILES string of the molecule is CCNc1ccc(C)cc1C(=O)Nc1cccc(C#N)c1. The molecule has 21 heavy (non-hydrogen) atoms. The van der Waals surface area contributed by atoms with Gasteiger partial charge in [-0.2, -0.15) is 5.26 Å². The number of nitrogens with one attached hydrogen (secondary N) is 2. The normalized spacial score (nSPS) is 9.76. The van der Waals surface area contributed by atoms with E-state index in [-0.39, 0.29) is 5.91 Å². The summed E-state index contributed by atoms with van der Waals surface area (Å²) in [6, 6.07) is 14.6. The van der Waals surface area contributed by atoms with Gasteiger partial charge in [-0.3, -0.25) is 4.79 Å². The first-order chi connectivity index (χ1) is 10.1. The zero-order valence-corrected chi connectivity index (χ0v) is 12.1. The molecule has 2 aromatic carbocycles. The molecule has 0 radical (unpaired) electrons. The van der Waals surface area contributed by atoms with E-state index in [0.717, 1.165) is 17.8 Å². The quantitative estimate of drug-likeness (QED) is 0.899. The second-order valence-electron chi connectivity index (χ2n) is 4.73. The topological polar surface area (TPSA) is 64.9 Å². The average Bonchev–Trinajstić information content (AvgIpc) is 2.49. The summed E-state index contributed by atoms with van der Waals surface area (Å²) < 4.78 is 0. The molecule has 106 valence electrons. The second-order valence-corrected chi connectivity index (χ2v) is 4.73. The van der Waals surface area contributed by atoms with E-state index in [4.69, 9.17) is 5.26 Å². The molecule has 4 nitrogen and oxygen atoms in total. The fourth-order valence-electron chi connectivity index (χ4n) is 2.06. The molecular formula is C17H17N3O. The summed E-state index contributed by atoms with van der Waals surface area (Å²) in [5, 5.41) is 14.9. The Hall–Kier alpha value is -2.80. The number of carbonyl (C=O) groups excluding carboxylic acids is 1. The van der Waals surface area contributed by atoms with Crippen LogP contribution in [0.5, 0.6) is 0 Å². The Balaban J connectivity index is 2.27. The zero-order valence-electron chi connectivity index (χ0n) is 12.1. The van der Waals surface area contributed by atoms with Crippen LogP contribution < -0.4 is 10.6 Å². The lowest BCUT2D eigenvalue weighted by molar-refractivity contribution is 0.102. The summed E-state index contributed by atoms with van der Waals surface area (Å²) >= 11 is 0. The molecule has 0 aromatic heterocycles. The summed E-state index contributed by atoms with van der Waals surface area (Å²) in [4.78, 5) is 12.4. The van der Waals surface area contributed by atoms with Crippen LogP contribution in [0.3, 0.4) is 0 Å². The first-order valence-electron chi connectivity index (χ1n) is 6.80. The number of hydrogen-bond donors (Lipinski definition) is 2. The van der Waals surface area contributed by atoms with Crippen LogP contribution in [0.25, 0.3) is 0 Å². The van der Waals surface area contributed by atoms with Gasteiger partial charge in [-0.1, -0.05) is 17.7 Å². The van der Waals surface area contributed by atoms with Gasteiger partial charge < -0.3 is 10.6 Å². The maximum Gasteiger partial charge on any atom is 0.257 e. The van der Waals surface area contributed by atoms with Gasteiger partial charge in [0.1, 0.15) is 0 Å². The Kier molecular flexibility index (Phi) is 4.57. The number of hydrogen-bond acceptors (Lipinski definition) is 3. The number of aryl methyl sites for hydroxylation is 1. The molecule has 0 spiro atoms. The van der Waals surface area contributed by atoms with E-state index in [1.807, 2.05) is 32.0 Å². The van der Waals surface area contributed by atoms with Crippen LogP contribution >= 0.6 is 0 Å². The standard InChI is InChI=1S/C17H17N3O/c1-3-19-16-8-7-12(2)9-15(16)17(21)20-14-6-4-5-13(10-14)11-18/h4-10,19H,3H2,1-2H3,(H,20,21). The third-order valence-corrected chi connectivity index (χ3v) is 3.04. The van der Waals surface area contributed by atoms with Gasteiger partial charge >= 0.3 is 0 Å². The van der Waals surface area contributed by atoms with Crippen molar-refractivity contribution in [1.29, 1.82) is 5.26 Å². The van der Waals surface area contributed by atoms with Crippen LogP contribution in [0.1, 0.15) is 28.4 Å². The van der Waals surface area contributed by atoms with E-state index in [2.05, 4.69) is 16.7 Å². The highest BCUT2D eigenvalue weighted by molar-refractivity contribution is 6.08. The van der Waals surface area contributed by atoms with E-state index < -0.39 is 0 Å². The lowest BCUT2D eigenvalue weighted by Gasteiger charge is -2.12. The highest BCUT2D eigenvalue weighted by atomic mass is 16.1. The molecule has 0 heterocycles. The maximum atomic E-state index is 12.4. The van der Waals surface area contributed by atoms with Crippen molar-refractivity contribution in [1.82, 2.24) is 0 Å². The molecule has 0 atom stereocenters. The van der Waals surface area contributed by atoms with Crippen LogP contribution in [0.4, 0.5) is 11.4 Å². The minimum Gasteiger partial charge on any atom is -0.385 e. The predicted octanol–water partition coefficient (Wildman–Crippen LogP) is 3.55. The van der Waals surface area contributed by atoms with Crippen molar-refractivity contribution in [3.8, 4) is 6.07 Å². The molecule has 0 aliphatic heterocycles. The van der Waals surface area contributed by atoms with Gasteiger partial charge in [-0.25, -0.2) is 0 Å². The van der Waals surface area contributed by atoms with Gasteiger partial charge in [0.2, 0.25) is 0 Å². The van der Waals surface area contributed by atoms with E-state index in [9.17, 15) is 4.79 Å². The number of anilines is 2. The van der Waals surface area contributed by atoms with E-state index >= 15 is 0 Å². The van der Waals surface area contributed by atoms with Gasteiger partial charge in [0.25, 0.3) is 5.91 Å². The highest BCUT2D eigenvalue weighted by Crippen LogP contribution is 2.19. The fraction of sp³-hybridized carbons (Fsp3) is 0.176. The van der Waals surface area contributed by atoms with Crippen LogP contribution in [-0.2, 0) is 0 Å². The molecule has 2 rings (SSSR count). The van der Waals surface area contributed by atoms with Crippen LogP contribution in [0, 0.1) is 18.3 Å². The number of carbonyl (C=O) groups is 1. The molecule has 0 aliphatic rings. The molecular weight excluding hydrogens is 262 g/mol. The van der Waals surface area contributed by atoms with Crippen molar-refractivity contribution in [2.75, 3.05) is 17.2 Å². The number of rotatable bonds is 4. The number of nitriles is 1. The molecule has 0 fully saturated rings. The highest BCUT2D eigenvalue weighted by Gasteiger charge is 2.12. The predicted molar refractivity (Wildman–Crippen MR) is 84.5 cm³/mol. The summed E-state index contributed by atoms with van der Waals surface area (Å²) in [6.07, 6.45) is 0. The van der Waals surface area contributed by atoms with Crippen LogP contribution in [0.2, 0.25) is 0 Å². The zero-order chi connectivity index (χ0) is 15.2. The molecule has 0 bridgehead atoms. The Morgan fingerprint density at radius 2 is 2.05 bits per heavy atom. The van der Waals surface area contributed by atoms with E-state index in [1.54, 1.807) is 24.3 Å². The minimum absolute atomic E-state index is 0.190. The molecule has 2 aromatic rings. The van der Waals surface area contributed by atoms with E-state index in [1.165, 1.54) is 0 Å². The van der Waals surface area contributed by atoms with Crippen molar-refractivity contribution >= 4 is 17.3 Å². The van der Waals surface area contributed by atoms with Gasteiger partial charge in [-0.15, -0.1) is 0 Å². The Morgan fingerprint density at radius 3 is 2.76 bits per heavy atom. The van der Waals surface area contributed by atoms with Crippen molar-refractivity contribution in [2.45, 2.75) is 13.8 Å². The summed E-state index contributed by atoms with van der Waals surface area (Å²) in [6.45, 7) is 4.67. The maximum absolute atomic E-state index is 12.4. The lowest BCUT2D eigenvalue weighted by Crippen LogP contribution is -2.15. The van der Waals surface area contributed by atoms with Crippen LogP contribution in [0.15, 0.2) is 42.5 Å². The van der Waals surface area contributed by atoms with Gasteiger partial charge in [0.15, 0.2) is 0 Å². The largest absolute Gasteiger partial charge is 0.385 e. The average molecular weight is 279 g/mol. The van der Waals surface area contributed by atoms with Crippen molar-refractivity contribution in [3.63, 3.8) is 0 Å². The minimum atomic E-state index is -0.190. The van der Waals surface area contributed by atoms with Crippen molar-refractivity contribution in [2.24, 2.45) is 0 Å². The Bertz CT molecular complexity index is 701. The molecule has 0 saturated carbocycles. The smallest absolute Gasteiger partial charge is 0.257 e. The monoisotopic (exact) mass is 279 g/mol. The molecule has 4 heteroatoms. The van der Waals surface area contributed by atoms with Gasteiger partial charge in [-0.05, 0) is 44.2 Å². The molecule has 0 saturated heterocycles. The lowest BCUT2D eigenvalue weighted by atomic mass is 10.1. The molecule has 0 aliphatic carbocycles. The number of amides is 1. The first-order valence-corrected chi connectivity index (χ1v) is 6.80. The Labute approximate surface area is 124 Å². The van der Waals surface area contributed by atoms with Crippen LogP contribution in [-0.4, -0.2) is 12.5 Å². The summed E-state index contributed by atoms with van der Waals surface area (Å²) in [5.41, 5.74) is 3.55. The Morgan fingerprint density at radius 1 is 1.24 bits per heavy atom. The van der Waals surface area contributed by atoms with E-state index in [0.29, 0.717) is 16.8 Å². The molecule has 2 N–H and O–H groups in total. The third-order valence-electron chi connectivity index (χ3n) is 3.04. The second kappa shape index (κ2) is 6.58. The van der Waals surface area contributed by atoms with Gasteiger partial charge in [0.05, 0.1) is 17.2 Å². The third kappa shape index (κ3) is 3.61. The fourth-order valence-corrected chi connectivity index (χ4v) is 2.06. The van der Waals surface area contributed by atoms with Gasteiger partial charge in [0, 0.05) is 17.9 Å². The summed E-state index contributed by atoms with van der Waals surface area (Å²) in [7, 11) is 0. The molecule has 1 amide bonds. The number of nitrogens with zero attached hydrogens (tertiary/aromatic N) is 1.